The minimum Gasteiger partial charge on any atom is -0.493 e. The topological polar surface area (TPSA) is 83.4 Å². The van der Waals surface area contributed by atoms with Crippen molar-refractivity contribution in [2.24, 2.45) is 5.73 Å². The van der Waals surface area contributed by atoms with Gasteiger partial charge >= 0.3 is 0 Å². The van der Waals surface area contributed by atoms with Crippen molar-refractivity contribution in [3.8, 4) is 22.9 Å². The van der Waals surface area contributed by atoms with Crippen LogP contribution in [0.3, 0.4) is 0 Å². The molecule has 1 atom stereocenters. The summed E-state index contributed by atoms with van der Waals surface area (Å²) < 4.78 is 15.6. The van der Waals surface area contributed by atoms with Crippen molar-refractivity contribution in [3.05, 3.63) is 23.0 Å². The van der Waals surface area contributed by atoms with E-state index >= 15 is 0 Å². The van der Waals surface area contributed by atoms with Crippen LogP contribution in [0.5, 0.6) is 11.5 Å². The number of aromatic nitrogens is 2. The van der Waals surface area contributed by atoms with E-state index in [9.17, 15) is 0 Å². The van der Waals surface area contributed by atoms with E-state index in [0.717, 1.165) is 12.8 Å². The van der Waals surface area contributed by atoms with Gasteiger partial charge < -0.3 is 19.7 Å². The van der Waals surface area contributed by atoms with E-state index in [1.807, 2.05) is 6.92 Å². The maximum absolute atomic E-state index is 6.17. The summed E-state index contributed by atoms with van der Waals surface area (Å²) in [6, 6.07) is 3.18. The Morgan fingerprint density at radius 1 is 1.33 bits per heavy atom. The van der Waals surface area contributed by atoms with Gasteiger partial charge in [-0.3, -0.25) is 0 Å². The lowest BCUT2D eigenvalue weighted by molar-refractivity contribution is 0.348. The minimum absolute atomic E-state index is 0.258. The van der Waals surface area contributed by atoms with Crippen molar-refractivity contribution in [1.29, 1.82) is 0 Å². The Kier molecular flexibility index (Phi) is 5.03. The molecule has 0 aliphatic carbocycles. The Balaban J connectivity index is 2.36. The lowest BCUT2D eigenvalue weighted by Crippen LogP contribution is -2.09. The molecule has 6 nitrogen and oxygen atoms in total. The summed E-state index contributed by atoms with van der Waals surface area (Å²) >= 11 is 6.17. The summed E-state index contributed by atoms with van der Waals surface area (Å²) in [6.45, 7) is 2.05. The molecule has 0 spiro atoms. The number of rotatable bonds is 6. The molecule has 0 saturated carbocycles. The molecule has 1 aromatic carbocycles. The molecule has 0 aliphatic rings. The van der Waals surface area contributed by atoms with Crippen LogP contribution in [-0.4, -0.2) is 24.4 Å². The Labute approximate surface area is 128 Å². The van der Waals surface area contributed by atoms with E-state index in [1.54, 1.807) is 12.1 Å². The molecule has 0 aliphatic heterocycles. The van der Waals surface area contributed by atoms with Gasteiger partial charge in [-0.2, -0.15) is 4.98 Å². The number of benzene rings is 1. The van der Waals surface area contributed by atoms with Gasteiger partial charge in [0.1, 0.15) is 0 Å². The van der Waals surface area contributed by atoms with E-state index in [1.165, 1.54) is 14.2 Å². The molecule has 0 bridgehead atoms. The molecule has 21 heavy (non-hydrogen) atoms. The van der Waals surface area contributed by atoms with Gasteiger partial charge in [0.15, 0.2) is 11.5 Å². The molecule has 0 fully saturated rings. The molecule has 2 rings (SSSR count). The highest BCUT2D eigenvalue weighted by Gasteiger charge is 2.18. The first-order chi connectivity index (χ1) is 10.1. The van der Waals surface area contributed by atoms with E-state index in [4.69, 9.17) is 31.3 Å². The predicted octanol–water partition coefficient (Wildman–Crippen LogP) is 3.21. The fourth-order valence-electron chi connectivity index (χ4n) is 1.98. The van der Waals surface area contributed by atoms with Crippen LogP contribution in [0.4, 0.5) is 0 Å². The Bertz CT molecular complexity index is 616. The molecule has 2 aromatic rings. The van der Waals surface area contributed by atoms with Gasteiger partial charge in [0, 0.05) is 5.56 Å². The van der Waals surface area contributed by atoms with Crippen LogP contribution in [0.2, 0.25) is 5.02 Å². The average Bonchev–Trinajstić information content (AvgIpc) is 2.96. The van der Waals surface area contributed by atoms with Crippen molar-refractivity contribution in [3.63, 3.8) is 0 Å². The average molecular weight is 312 g/mol. The molecule has 0 saturated heterocycles. The summed E-state index contributed by atoms with van der Waals surface area (Å²) in [4.78, 5) is 4.31. The molecule has 114 valence electrons. The van der Waals surface area contributed by atoms with Crippen LogP contribution in [0.25, 0.3) is 11.4 Å². The largest absolute Gasteiger partial charge is 0.493 e. The van der Waals surface area contributed by atoms with Gasteiger partial charge in [-0.05, 0) is 18.6 Å². The van der Waals surface area contributed by atoms with E-state index < -0.39 is 0 Å². The predicted molar refractivity (Wildman–Crippen MR) is 79.7 cm³/mol. The first-order valence-electron chi connectivity index (χ1n) is 6.61. The third kappa shape index (κ3) is 3.28. The summed E-state index contributed by atoms with van der Waals surface area (Å²) in [5, 5.41) is 4.35. The quantitative estimate of drug-likeness (QED) is 0.882. The van der Waals surface area contributed by atoms with Crippen molar-refractivity contribution < 1.29 is 14.0 Å². The maximum atomic E-state index is 6.17. The number of hydrogen-bond acceptors (Lipinski definition) is 6. The zero-order valence-electron chi connectivity index (χ0n) is 12.2. The van der Waals surface area contributed by atoms with Crippen molar-refractivity contribution in [2.75, 3.05) is 14.2 Å². The summed E-state index contributed by atoms with van der Waals surface area (Å²) in [5.74, 6) is 1.80. The van der Waals surface area contributed by atoms with Gasteiger partial charge in [0.2, 0.25) is 11.7 Å². The van der Waals surface area contributed by atoms with Gasteiger partial charge in [0.05, 0.1) is 25.3 Å². The molecule has 2 N–H and O–H groups in total. The third-order valence-corrected chi connectivity index (χ3v) is 3.33. The number of nitrogens with zero attached hydrogens (tertiary/aromatic N) is 2. The van der Waals surface area contributed by atoms with Gasteiger partial charge in [0.25, 0.3) is 0 Å². The molecule has 0 radical (unpaired) electrons. The highest BCUT2D eigenvalue weighted by Crippen LogP contribution is 2.38. The lowest BCUT2D eigenvalue weighted by atomic mass is 10.1. The molecular formula is C14H18ClN3O3. The zero-order valence-corrected chi connectivity index (χ0v) is 13.0. The standard InChI is InChI=1S/C14H18ClN3O3/c1-4-5-10(16)14-17-13(18-21-14)8-6-9(15)12(20-3)11(7-8)19-2/h6-7,10H,4-5,16H2,1-3H3/t10-/m1/s1. The van der Waals surface area contributed by atoms with Gasteiger partial charge in [-0.25, -0.2) is 0 Å². The first kappa shape index (κ1) is 15.6. The van der Waals surface area contributed by atoms with Crippen molar-refractivity contribution in [1.82, 2.24) is 10.1 Å². The first-order valence-corrected chi connectivity index (χ1v) is 6.99. The van der Waals surface area contributed by atoms with E-state index in [-0.39, 0.29) is 6.04 Å². The fourth-order valence-corrected chi connectivity index (χ4v) is 2.27. The van der Waals surface area contributed by atoms with Crippen LogP contribution < -0.4 is 15.2 Å². The van der Waals surface area contributed by atoms with Crippen LogP contribution in [0, 0.1) is 0 Å². The second-order valence-corrected chi connectivity index (χ2v) is 4.95. The van der Waals surface area contributed by atoms with Crippen LogP contribution in [0.1, 0.15) is 31.7 Å². The Morgan fingerprint density at radius 2 is 2.10 bits per heavy atom. The molecule has 1 heterocycles. The van der Waals surface area contributed by atoms with Crippen LogP contribution in [-0.2, 0) is 0 Å². The monoisotopic (exact) mass is 311 g/mol. The normalized spacial score (nSPS) is 12.2. The maximum Gasteiger partial charge on any atom is 0.243 e. The second-order valence-electron chi connectivity index (χ2n) is 4.54. The number of methoxy groups -OCH3 is 2. The van der Waals surface area contributed by atoms with Crippen LogP contribution in [0.15, 0.2) is 16.7 Å². The number of nitrogens with two attached hydrogens (primary N) is 1. The number of hydrogen-bond donors (Lipinski definition) is 1. The summed E-state index contributed by atoms with van der Waals surface area (Å²) in [6.07, 6.45) is 1.73. The highest BCUT2D eigenvalue weighted by molar-refractivity contribution is 6.32. The fraction of sp³-hybridized carbons (Fsp3) is 0.429. The van der Waals surface area contributed by atoms with Gasteiger partial charge in [-0.1, -0.05) is 30.1 Å². The third-order valence-electron chi connectivity index (χ3n) is 3.05. The van der Waals surface area contributed by atoms with Crippen LogP contribution >= 0.6 is 11.6 Å². The zero-order chi connectivity index (χ0) is 15.4. The molecule has 0 amide bonds. The minimum atomic E-state index is -0.258. The number of ether oxygens (including phenoxy) is 2. The summed E-state index contributed by atoms with van der Waals surface area (Å²) in [5.41, 5.74) is 6.64. The number of halogens is 1. The SMILES string of the molecule is CCC[C@@H](N)c1nc(-c2cc(Cl)c(OC)c(OC)c2)no1. The Morgan fingerprint density at radius 3 is 2.71 bits per heavy atom. The van der Waals surface area contributed by atoms with Gasteiger partial charge in [-0.15, -0.1) is 0 Å². The highest BCUT2D eigenvalue weighted by atomic mass is 35.5. The molecule has 1 aromatic heterocycles. The molecule has 0 unspecified atom stereocenters. The van der Waals surface area contributed by atoms with E-state index in [0.29, 0.717) is 33.8 Å². The lowest BCUT2D eigenvalue weighted by Gasteiger charge is -2.10. The summed E-state index contributed by atoms with van der Waals surface area (Å²) in [7, 11) is 3.07. The second kappa shape index (κ2) is 6.78. The van der Waals surface area contributed by atoms with E-state index in [2.05, 4.69) is 10.1 Å². The van der Waals surface area contributed by atoms with Crippen molar-refractivity contribution in [2.45, 2.75) is 25.8 Å². The van der Waals surface area contributed by atoms with Crippen molar-refractivity contribution >= 4 is 11.6 Å². The molecular weight excluding hydrogens is 294 g/mol. The Hall–Kier alpha value is -1.79. The molecule has 7 heteroatoms. The smallest absolute Gasteiger partial charge is 0.243 e.